The lowest BCUT2D eigenvalue weighted by Gasteiger charge is -2.06. The Labute approximate surface area is 127 Å². The normalized spacial score (nSPS) is 10.5. The first-order valence-electron chi connectivity index (χ1n) is 7.97. The Balaban J connectivity index is 2.09. The lowest BCUT2D eigenvalue weighted by molar-refractivity contribution is 0.0498. The maximum absolute atomic E-state index is 11.8. The number of carbonyl (C=O) groups excluding carboxylic acids is 1. The fourth-order valence-electron chi connectivity index (χ4n) is 2.19. The fourth-order valence-corrected chi connectivity index (χ4v) is 2.19. The zero-order valence-electron chi connectivity index (χ0n) is 13.1. The first-order chi connectivity index (χ1) is 10.1. The van der Waals surface area contributed by atoms with Crippen LogP contribution in [-0.2, 0) is 4.74 Å². The summed E-state index contributed by atoms with van der Waals surface area (Å²) in [5.74, 6) is -0.329. The molecule has 0 fully saturated rings. The van der Waals surface area contributed by atoms with Gasteiger partial charge in [0.25, 0.3) is 0 Å². The number of anilines is 2. The lowest BCUT2D eigenvalue weighted by Crippen LogP contribution is -2.07. The quantitative estimate of drug-likeness (QED) is 0.386. The van der Waals surface area contributed by atoms with Crippen molar-refractivity contribution in [2.75, 3.05) is 18.1 Å². The van der Waals surface area contributed by atoms with E-state index in [1.807, 2.05) is 0 Å². The van der Waals surface area contributed by atoms with Crippen LogP contribution in [-0.4, -0.2) is 12.6 Å². The maximum Gasteiger partial charge on any atom is 0.338 e. The van der Waals surface area contributed by atoms with Gasteiger partial charge >= 0.3 is 5.97 Å². The van der Waals surface area contributed by atoms with E-state index < -0.39 is 0 Å². The molecule has 0 saturated heterocycles. The molecule has 0 spiro atoms. The SMILES string of the molecule is CCCCCCCCCCOC(=O)c1ccc(N)c(N)c1. The molecule has 1 aromatic carbocycles. The Hall–Kier alpha value is -1.71. The maximum atomic E-state index is 11.8. The Morgan fingerprint density at radius 1 is 0.952 bits per heavy atom. The molecule has 118 valence electrons. The number of esters is 1. The van der Waals surface area contributed by atoms with Crippen molar-refractivity contribution in [3.63, 3.8) is 0 Å². The smallest absolute Gasteiger partial charge is 0.338 e. The zero-order valence-corrected chi connectivity index (χ0v) is 13.1. The summed E-state index contributed by atoms with van der Waals surface area (Å²) in [6.07, 6.45) is 9.81. The van der Waals surface area contributed by atoms with E-state index >= 15 is 0 Å². The molecule has 4 nitrogen and oxygen atoms in total. The fraction of sp³-hybridized carbons (Fsp3) is 0.588. The number of hydrogen-bond acceptors (Lipinski definition) is 4. The Kier molecular flexibility index (Phi) is 8.32. The van der Waals surface area contributed by atoms with Crippen LogP contribution in [0.4, 0.5) is 11.4 Å². The number of nitrogen functional groups attached to an aromatic ring is 2. The van der Waals surface area contributed by atoms with Crippen molar-refractivity contribution >= 4 is 17.3 Å². The summed E-state index contributed by atoms with van der Waals surface area (Å²) < 4.78 is 5.23. The van der Waals surface area contributed by atoms with Gasteiger partial charge in [-0.1, -0.05) is 51.9 Å². The molecule has 21 heavy (non-hydrogen) atoms. The topological polar surface area (TPSA) is 78.3 Å². The summed E-state index contributed by atoms with van der Waals surface area (Å²) in [4.78, 5) is 11.8. The molecule has 0 bridgehead atoms. The highest BCUT2D eigenvalue weighted by Gasteiger charge is 2.08. The monoisotopic (exact) mass is 292 g/mol. The second-order valence-electron chi connectivity index (χ2n) is 5.45. The van der Waals surface area contributed by atoms with Gasteiger partial charge in [-0.3, -0.25) is 0 Å². The lowest BCUT2D eigenvalue weighted by atomic mass is 10.1. The average Bonchev–Trinajstić information content (AvgIpc) is 2.48. The molecule has 1 aromatic rings. The van der Waals surface area contributed by atoms with Gasteiger partial charge in [-0.15, -0.1) is 0 Å². The second kappa shape index (κ2) is 10.1. The predicted octanol–water partition coefficient (Wildman–Crippen LogP) is 4.15. The minimum atomic E-state index is -0.329. The highest BCUT2D eigenvalue weighted by atomic mass is 16.5. The third-order valence-corrected chi connectivity index (χ3v) is 3.55. The van der Waals surface area contributed by atoms with Crippen LogP contribution in [0.1, 0.15) is 68.6 Å². The van der Waals surface area contributed by atoms with E-state index in [4.69, 9.17) is 16.2 Å². The standard InChI is InChI=1S/C17H28N2O2/c1-2-3-4-5-6-7-8-9-12-21-17(20)14-10-11-15(18)16(19)13-14/h10-11,13H,2-9,12,18-19H2,1H3. The van der Waals surface area contributed by atoms with E-state index in [2.05, 4.69) is 6.92 Å². The van der Waals surface area contributed by atoms with Crippen molar-refractivity contribution in [1.29, 1.82) is 0 Å². The van der Waals surface area contributed by atoms with Gasteiger partial charge < -0.3 is 16.2 Å². The Morgan fingerprint density at radius 3 is 2.19 bits per heavy atom. The van der Waals surface area contributed by atoms with Crippen LogP contribution in [0.5, 0.6) is 0 Å². The molecular formula is C17H28N2O2. The number of carbonyl (C=O) groups is 1. The molecule has 0 atom stereocenters. The van der Waals surface area contributed by atoms with Crippen LogP contribution in [0.15, 0.2) is 18.2 Å². The van der Waals surface area contributed by atoms with Crippen molar-refractivity contribution in [2.24, 2.45) is 0 Å². The van der Waals surface area contributed by atoms with E-state index in [0.717, 1.165) is 12.8 Å². The second-order valence-corrected chi connectivity index (χ2v) is 5.45. The van der Waals surface area contributed by atoms with Gasteiger partial charge in [-0.05, 0) is 24.6 Å². The van der Waals surface area contributed by atoms with Gasteiger partial charge in [0, 0.05) is 0 Å². The molecule has 0 radical (unpaired) electrons. The van der Waals surface area contributed by atoms with Crippen LogP contribution < -0.4 is 11.5 Å². The van der Waals surface area contributed by atoms with E-state index in [-0.39, 0.29) is 5.97 Å². The molecule has 0 amide bonds. The van der Waals surface area contributed by atoms with Gasteiger partial charge in [0.15, 0.2) is 0 Å². The van der Waals surface area contributed by atoms with E-state index in [1.165, 1.54) is 38.5 Å². The minimum Gasteiger partial charge on any atom is -0.462 e. The minimum absolute atomic E-state index is 0.329. The first kappa shape index (κ1) is 17.3. The molecule has 0 aromatic heterocycles. The van der Waals surface area contributed by atoms with Crippen LogP contribution in [0.25, 0.3) is 0 Å². The first-order valence-corrected chi connectivity index (χ1v) is 7.97. The Morgan fingerprint density at radius 2 is 1.57 bits per heavy atom. The molecule has 0 aliphatic carbocycles. The summed E-state index contributed by atoms with van der Waals surface area (Å²) >= 11 is 0. The van der Waals surface area contributed by atoms with Gasteiger partial charge in [-0.2, -0.15) is 0 Å². The van der Waals surface area contributed by atoms with Gasteiger partial charge in [-0.25, -0.2) is 4.79 Å². The molecule has 0 aliphatic heterocycles. The molecule has 4 heteroatoms. The van der Waals surface area contributed by atoms with E-state index in [9.17, 15) is 4.79 Å². The summed E-state index contributed by atoms with van der Waals surface area (Å²) in [6.45, 7) is 2.70. The summed E-state index contributed by atoms with van der Waals surface area (Å²) in [6, 6.07) is 4.83. The molecule has 0 saturated carbocycles. The number of benzene rings is 1. The van der Waals surface area contributed by atoms with Crippen molar-refractivity contribution in [3.05, 3.63) is 23.8 Å². The molecule has 0 unspecified atom stereocenters. The van der Waals surface area contributed by atoms with Crippen molar-refractivity contribution < 1.29 is 9.53 Å². The molecule has 1 rings (SSSR count). The van der Waals surface area contributed by atoms with Crippen LogP contribution in [0, 0.1) is 0 Å². The number of hydrogen-bond donors (Lipinski definition) is 2. The molecule has 4 N–H and O–H groups in total. The van der Waals surface area contributed by atoms with E-state index in [1.54, 1.807) is 18.2 Å². The molecule has 0 aliphatic rings. The summed E-state index contributed by atoms with van der Waals surface area (Å²) in [5, 5.41) is 0. The number of unbranched alkanes of at least 4 members (excludes halogenated alkanes) is 7. The van der Waals surface area contributed by atoms with Gasteiger partial charge in [0.2, 0.25) is 0 Å². The third kappa shape index (κ3) is 7.02. The number of nitrogens with two attached hydrogens (primary N) is 2. The van der Waals surface area contributed by atoms with Crippen molar-refractivity contribution in [3.8, 4) is 0 Å². The molecular weight excluding hydrogens is 264 g/mol. The summed E-state index contributed by atoms with van der Waals surface area (Å²) in [5.41, 5.74) is 12.6. The number of ether oxygens (including phenoxy) is 1. The van der Waals surface area contributed by atoms with E-state index in [0.29, 0.717) is 23.5 Å². The highest BCUT2D eigenvalue weighted by Crippen LogP contribution is 2.16. The van der Waals surface area contributed by atoms with Gasteiger partial charge in [0.05, 0.1) is 23.5 Å². The summed E-state index contributed by atoms with van der Waals surface area (Å²) in [7, 11) is 0. The van der Waals surface area contributed by atoms with Crippen LogP contribution in [0.3, 0.4) is 0 Å². The largest absolute Gasteiger partial charge is 0.462 e. The van der Waals surface area contributed by atoms with Crippen LogP contribution >= 0.6 is 0 Å². The van der Waals surface area contributed by atoms with Crippen molar-refractivity contribution in [1.82, 2.24) is 0 Å². The Bertz CT molecular complexity index is 433. The predicted molar refractivity (Wildman–Crippen MR) is 88.2 cm³/mol. The molecule has 0 heterocycles. The highest BCUT2D eigenvalue weighted by molar-refractivity contribution is 5.91. The number of rotatable bonds is 10. The van der Waals surface area contributed by atoms with Crippen molar-refractivity contribution in [2.45, 2.75) is 58.3 Å². The van der Waals surface area contributed by atoms with Crippen LogP contribution in [0.2, 0.25) is 0 Å². The third-order valence-electron chi connectivity index (χ3n) is 3.55. The van der Waals surface area contributed by atoms with Gasteiger partial charge in [0.1, 0.15) is 0 Å². The zero-order chi connectivity index (χ0) is 15.5. The average molecular weight is 292 g/mol.